The molecular weight excluding hydrogens is 413 g/mol. The van der Waals surface area contributed by atoms with E-state index in [1.807, 2.05) is 6.92 Å². The summed E-state index contributed by atoms with van der Waals surface area (Å²) in [5, 5.41) is 10.6. The van der Waals surface area contributed by atoms with Crippen LogP contribution in [0.15, 0.2) is 48.9 Å². The molecule has 8 nitrogen and oxygen atoms in total. The van der Waals surface area contributed by atoms with E-state index in [2.05, 4.69) is 20.5 Å². The number of rotatable bonds is 7. The Morgan fingerprint density at radius 2 is 1.97 bits per heavy atom. The minimum atomic E-state index is -2.86. The van der Waals surface area contributed by atoms with Crippen molar-refractivity contribution in [2.45, 2.75) is 20.1 Å². The number of carbonyl (C=O) groups excluding carboxylic acids is 1. The normalized spacial score (nSPS) is 11.4. The number of amides is 1. The molecule has 4 rings (SSSR count). The fourth-order valence-corrected chi connectivity index (χ4v) is 2.95. The van der Waals surface area contributed by atoms with Crippen LogP contribution in [0.25, 0.3) is 16.9 Å². The minimum Gasteiger partial charge on any atom is -0.360 e. The monoisotopic (exact) mass is 430 g/mol. The lowest BCUT2D eigenvalue weighted by Crippen LogP contribution is -2.12. The molecule has 1 aromatic carbocycles. The summed E-state index contributed by atoms with van der Waals surface area (Å²) >= 11 is 0. The molecule has 3 aromatic heterocycles. The van der Waals surface area contributed by atoms with Gasteiger partial charge in [0.15, 0.2) is 5.65 Å². The highest BCUT2D eigenvalue weighted by Gasteiger charge is 2.22. The second kappa shape index (κ2) is 8.56. The molecule has 0 saturated heterocycles. The maximum Gasteiger partial charge on any atom is 0.280 e. The number of anilines is 1. The Hall–Kier alpha value is -3.73. The second-order valence-electron chi connectivity index (χ2n) is 6.51. The number of ether oxygens (including phenoxy) is 1. The molecule has 11 heteroatoms. The number of fused-ring (bicyclic) bond motifs is 1. The van der Waals surface area contributed by atoms with E-state index in [4.69, 9.17) is 4.74 Å². The van der Waals surface area contributed by atoms with Crippen molar-refractivity contribution in [2.24, 2.45) is 0 Å². The second-order valence-corrected chi connectivity index (χ2v) is 6.51. The molecule has 0 aliphatic rings. The Balaban J connectivity index is 1.70. The lowest BCUT2D eigenvalue weighted by Gasteiger charge is -2.08. The van der Waals surface area contributed by atoms with Gasteiger partial charge in [-0.3, -0.25) is 4.79 Å². The fraction of sp³-hybridized carbons (Fsp3) is 0.200. The molecule has 0 aliphatic heterocycles. The number of halogens is 3. The summed E-state index contributed by atoms with van der Waals surface area (Å²) in [4.78, 5) is 17.1. The SMILES string of the molecule is CCOCn1cc(NC(=O)c2cnn3c(C(F)F)cc(-c4ccc(F)cc4)nc23)cn1. The summed E-state index contributed by atoms with van der Waals surface area (Å²) in [6.45, 7) is 2.58. The van der Waals surface area contributed by atoms with Gasteiger partial charge in [-0.1, -0.05) is 0 Å². The molecule has 1 N–H and O–H groups in total. The van der Waals surface area contributed by atoms with Crippen LogP contribution in [0.5, 0.6) is 0 Å². The van der Waals surface area contributed by atoms with Crippen molar-refractivity contribution in [3.8, 4) is 11.3 Å². The molecule has 0 unspecified atom stereocenters. The Morgan fingerprint density at radius 3 is 2.68 bits per heavy atom. The van der Waals surface area contributed by atoms with E-state index < -0.39 is 23.8 Å². The molecule has 0 bridgehead atoms. The summed E-state index contributed by atoms with van der Waals surface area (Å²) in [7, 11) is 0. The third-order valence-corrected chi connectivity index (χ3v) is 4.43. The summed E-state index contributed by atoms with van der Waals surface area (Å²) in [6.07, 6.45) is 1.31. The average molecular weight is 430 g/mol. The Morgan fingerprint density at radius 1 is 1.19 bits per heavy atom. The number of hydrogen-bond acceptors (Lipinski definition) is 5. The predicted molar refractivity (Wildman–Crippen MR) is 105 cm³/mol. The molecule has 4 aromatic rings. The zero-order valence-electron chi connectivity index (χ0n) is 16.3. The lowest BCUT2D eigenvalue weighted by molar-refractivity contribution is 0.0792. The maximum absolute atomic E-state index is 13.6. The molecule has 3 heterocycles. The van der Waals surface area contributed by atoms with Crippen molar-refractivity contribution in [1.29, 1.82) is 0 Å². The molecule has 0 atom stereocenters. The molecule has 0 saturated carbocycles. The predicted octanol–water partition coefficient (Wildman–Crippen LogP) is 3.92. The topological polar surface area (TPSA) is 86.3 Å². The largest absolute Gasteiger partial charge is 0.360 e. The van der Waals surface area contributed by atoms with Gasteiger partial charge in [0, 0.05) is 12.2 Å². The van der Waals surface area contributed by atoms with E-state index in [0.717, 1.165) is 10.6 Å². The van der Waals surface area contributed by atoms with Crippen LogP contribution >= 0.6 is 0 Å². The quantitative estimate of drug-likeness (QED) is 0.480. The fourth-order valence-electron chi connectivity index (χ4n) is 2.95. The third kappa shape index (κ3) is 4.26. The van der Waals surface area contributed by atoms with Gasteiger partial charge in [-0.05, 0) is 37.3 Å². The van der Waals surface area contributed by atoms with E-state index in [9.17, 15) is 18.0 Å². The summed E-state index contributed by atoms with van der Waals surface area (Å²) in [6, 6.07) is 6.41. The van der Waals surface area contributed by atoms with Crippen LogP contribution in [0, 0.1) is 5.82 Å². The Bertz CT molecular complexity index is 1220. The smallest absolute Gasteiger partial charge is 0.280 e. The van der Waals surface area contributed by atoms with Crippen LogP contribution in [0.2, 0.25) is 0 Å². The Kier molecular flexibility index (Phi) is 5.67. The van der Waals surface area contributed by atoms with Crippen LogP contribution in [-0.2, 0) is 11.5 Å². The van der Waals surface area contributed by atoms with Crippen molar-refractivity contribution in [1.82, 2.24) is 24.4 Å². The summed E-state index contributed by atoms with van der Waals surface area (Å²) in [5.41, 5.74) is 0.512. The van der Waals surface area contributed by atoms with Gasteiger partial charge in [-0.15, -0.1) is 0 Å². The van der Waals surface area contributed by atoms with E-state index in [1.54, 1.807) is 6.20 Å². The van der Waals surface area contributed by atoms with Gasteiger partial charge in [-0.25, -0.2) is 27.4 Å². The summed E-state index contributed by atoms with van der Waals surface area (Å²) < 4.78 is 48.2. The molecule has 0 fully saturated rings. The number of benzene rings is 1. The van der Waals surface area contributed by atoms with Gasteiger partial charge < -0.3 is 10.1 Å². The van der Waals surface area contributed by atoms with Crippen LogP contribution in [0.3, 0.4) is 0 Å². The van der Waals surface area contributed by atoms with E-state index in [-0.39, 0.29) is 23.6 Å². The highest BCUT2D eigenvalue weighted by molar-refractivity contribution is 6.08. The highest BCUT2D eigenvalue weighted by atomic mass is 19.3. The number of nitrogens with one attached hydrogen (secondary N) is 1. The molecule has 0 spiro atoms. The zero-order valence-corrected chi connectivity index (χ0v) is 16.3. The lowest BCUT2D eigenvalue weighted by atomic mass is 10.1. The molecule has 160 valence electrons. The van der Waals surface area contributed by atoms with Crippen LogP contribution in [0.1, 0.15) is 29.4 Å². The zero-order chi connectivity index (χ0) is 22.0. The summed E-state index contributed by atoms with van der Waals surface area (Å²) in [5.74, 6) is -1.05. The van der Waals surface area contributed by atoms with Crippen LogP contribution < -0.4 is 5.32 Å². The molecule has 0 aliphatic carbocycles. The van der Waals surface area contributed by atoms with Crippen LogP contribution in [-0.4, -0.2) is 36.9 Å². The van der Waals surface area contributed by atoms with E-state index >= 15 is 0 Å². The first-order valence-corrected chi connectivity index (χ1v) is 9.30. The molecule has 1 amide bonds. The Labute approximate surface area is 174 Å². The van der Waals surface area contributed by atoms with Gasteiger partial charge in [0.25, 0.3) is 12.3 Å². The third-order valence-electron chi connectivity index (χ3n) is 4.43. The van der Waals surface area contributed by atoms with Crippen molar-refractivity contribution in [3.63, 3.8) is 0 Å². The van der Waals surface area contributed by atoms with E-state index in [0.29, 0.717) is 17.9 Å². The van der Waals surface area contributed by atoms with E-state index in [1.165, 1.54) is 41.3 Å². The van der Waals surface area contributed by atoms with Crippen LogP contribution in [0.4, 0.5) is 18.9 Å². The van der Waals surface area contributed by atoms with Gasteiger partial charge in [0.05, 0.1) is 30.0 Å². The molecule has 0 radical (unpaired) electrons. The number of aromatic nitrogens is 5. The number of carbonyl (C=O) groups is 1. The van der Waals surface area contributed by atoms with Gasteiger partial charge in [0.2, 0.25) is 0 Å². The van der Waals surface area contributed by atoms with Crippen molar-refractivity contribution in [3.05, 3.63) is 66.0 Å². The van der Waals surface area contributed by atoms with Gasteiger partial charge in [0.1, 0.15) is 23.8 Å². The number of hydrogen-bond donors (Lipinski definition) is 1. The molecule has 31 heavy (non-hydrogen) atoms. The molecular formula is C20H17F3N6O2. The first-order chi connectivity index (χ1) is 15.0. The minimum absolute atomic E-state index is 0.00317. The number of alkyl halides is 2. The first kappa shape index (κ1) is 20.5. The average Bonchev–Trinajstić information content (AvgIpc) is 3.38. The van der Waals surface area contributed by atoms with Crippen molar-refractivity contribution < 1.29 is 22.7 Å². The first-order valence-electron chi connectivity index (χ1n) is 9.30. The van der Waals surface area contributed by atoms with Gasteiger partial charge in [-0.2, -0.15) is 10.2 Å². The van der Waals surface area contributed by atoms with Crippen molar-refractivity contribution in [2.75, 3.05) is 11.9 Å². The number of nitrogens with zero attached hydrogens (tertiary/aromatic N) is 5. The highest BCUT2D eigenvalue weighted by Crippen LogP contribution is 2.27. The maximum atomic E-state index is 13.6. The van der Waals surface area contributed by atoms with Crippen molar-refractivity contribution >= 4 is 17.2 Å². The standard InChI is InChI=1S/C20H17F3N6O2/c1-2-31-11-28-10-14(8-24-28)26-20(30)15-9-25-29-17(18(22)23)7-16(27-19(15)29)12-3-5-13(21)6-4-12/h3-10,18H,2,11H2,1H3,(H,26,30). The van der Waals surface area contributed by atoms with Gasteiger partial charge >= 0.3 is 0 Å².